The van der Waals surface area contributed by atoms with Crippen molar-refractivity contribution in [2.75, 3.05) is 13.1 Å². The lowest BCUT2D eigenvalue weighted by Gasteiger charge is -2.29. The normalized spacial score (nSPS) is 13.6. The highest BCUT2D eigenvalue weighted by Gasteiger charge is 2.51. The van der Waals surface area contributed by atoms with Gasteiger partial charge in [-0.15, -0.1) is 68.0 Å². The van der Waals surface area contributed by atoms with E-state index in [9.17, 15) is 0 Å². The lowest BCUT2D eigenvalue weighted by Crippen LogP contribution is -2.35. The maximum Gasteiger partial charge on any atom is 0.261 e. The van der Waals surface area contributed by atoms with Crippen LogP contribution in [0.25, 0.3) is 93.5 Å². The third-order valence-electron chi connectivity index (χ3n) is 23.3. The van der Waals surface area contributed by atoms with Gasteiger partial charge in [-0.2, -0.15) is 0 Å². The first-order valence-corrected chi connectivity index (χ1v) is 49.0. The molecule has 0 spiro atoms. The molecule has 0 aliphatic carbocycles. The molecule has 2 unspecified atom stereocenters. The molecule has 112 heavy (non-hydrogen) atoms. The molecule has 12 heteroatoms. The van der Waals surface area contributed by atoms with Crippen molar-refractivity contribution in [1.29, 1.82) is 0 Å². The van der Waals surface area contributed by atoms with E-state index >= 15 is 9.59 Å². The van der Waals surface area contributed by atoms with Gasteiger partial charge in [0.2, 0.25) is 0 Å². The van der Waals surface area contributed by atoms with Crippen LogP contribution in [0.4, 0.5) is 0 Å². The van der Waals surface area contributed by atoms with E-state index in [1.54, 1.807) is 45.3 Å². The average molecular weight is 1610 g/mol. The van der Waals surface area contributed by atoms with Gasteiger partial charge in [0.25, 0.3) is 11.8 Å². The molecule has 0 N–H and O–H groups in total. The van der Waals surface area contributed by atoms with Crippen molar-refractivity contribution in [3.8, 4) is 82.2 Å². The van der Waals surface area contributed by atoms with Gasteiger partial charge in [-0.05, 0) is 119 Å². The minimum absolute atomic E-state index is 0.0501. The van der Waals surface area contributed by atoms with E-state index in [1.807, 2.05) is 35.1 Å². The quantitative estimate of drug-likeness (QED) is 0.0356. The molecule has 6 aromatic heterocycles. The largest absolute Gasteiger partial charge is 0.304 e. The number of aromatic nitrogens is 2. The maximum atomic E-state index is 16.7. The molecule has 0 saturated carbocycles. The van der Waals surface area contributed by atoms with E-state index < -0.39 is 0 Å². The number of fused-ring (bicyclic) bond motifs is 1. The number of hydrogen-bond acceptors (Lipinski definition) is 10. The molecular weight excluding hydrogens is 1480 g/mol. The Hall–Kier alpha value is -6.64. The first-order valence-electron chi connectivity index (χ1n) is 44.1. The fourth-order valence-corrected chi connectivity index (χ4v) is 23.0. The number of thiazole rings is 2. The van der Waals surface area contributed by atoms with Crippen molar-refractivity contribution in [3.05, 3.63) is 191 Å². The zero-order valence-corrected chi connectivity index (χ0v) is 73.0. The Kier molecular flexibility index (Phi) is 35.0. The second-order valence-electron chi connectivity index (χ2n) is 32.1. The topological polar surface area (TPSA) is 66.4 Å². The number of thiophene rings is 4. The van der Waals surface area contributed by atoms with Gasteiger partial charge in [-0.25, -0.2) is 9.97 Å². The van der Waals surface area contributed by atoms with Gasteiger partial charge in [0.1, 0.15) is 10.0 Å². The van der Waals surface area contributed by atoms with E-state index in [4.69, 9.17) is 9.97 Å². The molecule has 2 aliphatic rings. The van der Waals surface area contributed by atoms with Gasteiger partial charge in [-0.1, -0.05) is 368 Å². The van der Waals surface area contributed by atoms with Crippen molar-refractivity contribution >= 4 is 91.2 Å². The molecule has 12 rings (SSSR count). The smallest absolute Gasteiger partial charge is 0.261 e. The molecule has 0 radical (unpaired) electrons. The van der Waals surface area contributed by atoms with Gasteiger partial charge >= 0.3 is 0 Å². The van der Waals surface area contributed by atoms with Gasteiger partial charge in [0.15, 0.2) is 0 Å². The van der Waals surface area contributed by atoms with Crippen molar-refractivity contribution in [2.24, 2.45) is 11.8 Å². The maximum absolute atomic E-state index is 16.7. The first-order chi connectivity index (χ1) is 55.3. The first kappa shape index (κ1) is 84.7. The summed E-state index contributed by atoms with van der Waals surface area (Å²) in [6.07, 6.45) is 54.6. The van der Waals surface area contributed by atoms with Crippen molar-refractivity contribution in [2.45, 2.75) is 285 Å². The summed E-state index contributed by atoms with van der Waals surface area (Å²) in [5.74, 6) is 0.475. The predicted molar refractivity (Wildman–Crippen MR) is 491 cm³/mol. The van der Waals surface area contributed by atoms with Crippen LogP contribution >= 0.6 is 68.0 Å². The van der Waals surface area contributed by atoms with Crippen molar-refractivity contribution in [1.82, 2.24) is 19.8 Å². The zero-order valence-electron chi connectivity index (χ0n) is 68.1. The molecule has 2 amide bonds. The minimum Gasteiger partial charge on any atom is -0.304 e. The second kappa shape index (κ2) is 46.2. The molecule has 10 aromatic rings. The lowest BCUT2D eigenvalue weighted by atomic mass is 9.93. The summed E-state index contributed by atoms with van der Waals surface area (Å²) < 4.78 is 0. The van der Waals surface area contributed by atoms with E-state index in [0.29, 0.717) is 24.2 Å². The number of hydrogen-bond donors (Lipinski definition) is 0. The summed E-state index contributed by atoms with van der Waals surface area (Å²) in [6, 6.07) is 57.2. The molecule has 4 aromatic carbocycles. The molecule has 6 nitrogen and oxygen atoms in total. The van der Waals surface area contributed by atoms with Crippen LogP contribution in [0.2, 0.25) is 0 Å². The number of unbranched alkanes of at least 4 members (excludes halogenated alkanes) is 32. The number of carbonyl (C=O) groups excluding carboxylic acids is 2. The summed E-state index contributed by atoms with van der Waals surface area (Å²) in [7, 11) is 0. The summed E-state index contributed by atoms with van der Waals surface area (Å²) >= 11 is 10.6. The van der Waals surface area contributed by atoms with Crippen LogP contribution in [0.5, 0.6) is 0 Å². The Morgan fingerprint density at radius 2 is 0.482 bits per heavy atom. The number of nitrogens with zero attached hydrogens (tertiary/aromatic N) is 4. The minimum atomic E-state index is -0.0501. The molecule has 0 bridgehead atoms. The molecule has 0 fully saturated rings. The molecular formula is C100H126N4O2S6. The SMILES string of the molecule is CCCCCCCCCCCCC(CCCCCCCCCC)CN1C(=O)C2=C(c3ncc(-c4ccc(-c5ccc(-c6ccc(-c7ccccc7)cc6)s5)s4)s3)N(CC(CCCCCCCCCC)CCCCCCCCCCCC)C(=O)C2=C1c1ncc(-c2ccc(-c3ccc(-c4ccc(-c5ccccc5)cc4)s3)s2)s1. The summed E-state index contributed by atoms with van der Waals surface area (Å²) in [6.45, 7) is 10.4. The molecule has 594 valence electrons. The Morgan fingerprint density at radius 1 is 0.250 bits per heavy atom. The number of carbonyl (C=O) groups is 2. The Balaban J connectivity index is 0.881. The highest BCUT2D eigenvalue weighted by molar-refractivity contribution is 7.28. The van der Waals surface area contributed by atoms with E-state index in [2.05, 4.69) is 195 Å². The van der Waals surface area contributed by atoms with Gasteiger partial charge in [-0.3, -0.25) is 9.59 Å². The van der Waals surface area contributed by atoms with Crippen LogP contribution in [-0.2, 0) is 9.59 Å². The highest BCUT2D eigenvalue weighted by Crippen LogP contribution is 2.52. The van der Waals surface area contributed by atoms with Crippen LogP contribution in [0.3, 0.4) is 0 Å². The van der Waals surface area contributed by atoms with Gasteiger partial charge in [0.05, 0.1) is 32.3 Å². The fraction of sp³-hybridized carbons (Fsp3) is 0.480. The van der Waals surface area contributed by atoms with E-state index in [0.717, 1.165) is 92.3 Å². The summed E-state index contributed by atoms with van der Waals surface area (Å²) in [5, 5.41) is 1.51. The number of rotatable bonds is 54. The van der Waals surface area contributed by atoms with Crippen molar-refractivity contribution < 1.29 is 9.59 Å². The molecule has 0 saturated heterocycles. The summed E-state index contributed by atoms with van der Waals surface area (Å²) in [5.41, 5.74) is 9.86. The summed E-state index contributed by atoms with van der Waals surface area (Å²) in [4.78, 5) is 60.1. The molecule has 8 heterocycles. The van der Waals surface area contributed by atoms with E-state index in [1.165, 1.54) is 268 Å². The number of amides is 2. The van der Waals surface area contributed by atoms with Gasteiger partial charge in [0, 0.05) is 64.5 Å². The Morgan fingerprint density at radius 3 is 0.768 bits per heavy atom. The van der Waals surface area contributed by atoms with Crippen molar-refractivity contribution in [3.63, 3.8) is 0 Å². The Bertz CT molecular complexity index is 4180. The fourth-order valence-electron chi connectivity index (χ4n) is 16.7. The monoisotopic (exact) mass is 1610 g/mol. The second-order valence-corrected chi connectivity index (χ2v) is 38.5. The predicted octanol–water partition coefficient (Wildman–Crippen LogP) is 32.9. The molecule has 2 aliphatic heterocycles. The van der Waals surface area contributed by atoms with Crippen LogP contribution in [0, 0.1) is 11.8 Å². The lowest BCUT2D eigenvalue weighted by molar-refractivity contribution is -0.124. The Labute approximate surface area is 697 Å². The van der Waals surface area contributed by atoms with Crippen LogP contribution < -0.4 is 0 Å². The average Bonchev–Trinajstić information content (AvgIpc) is 1.55. The third-order valence-corrected chi connectivity index (χ3v) is 30.5. The van der Waals surface area contributed by atoms with Gasteiger partial charge < -0.3 is 9.80 Å². The van der Waals surface area contributed by atoms with Crippen LogP contribution in [0.1, 0.15) is 295 Å². The highest BCUT2D eigenvalue weighted by atomic mass is 32.1. The number of benzene rings is 4. The zero-order chi connectivity index (χ0) is 77.3. The van der Waals surface area contributed by atoms with Crippen LogP contribution in [0.15, 0.2) is 181 Å². The van der Waals surface area contributed by atoms with E-state index in [-0.39, 0.29) is 23.7 Å². The third kappa shape index (κ3) is 24.2. The van der Waals surface area contributed by atoms with Crippen LogP contribution in [-0.4, -0.2) is 44.7 Å². The molecule has 2 atom stereocenters. The standard InChI is InChI=1S/C100H126N4O2S6/c1-5-9-13-17-21-25-27-31-35-41-49-75(47-39-33-29-23-19-15-11-7-3)73-103-95(97-101-71-91(111-97)89-69-67-87(109-89)85-65-63-83(107-85)81-59-55-79(56-60-81)77-51-43-37-44-52-77)93-94(99(103)105)96(104(100(93)106)74-76(48-40-34-30-24-20-16-12-8-4)50-42-36-32-28-26-22-18-14-10-6-2)98-102-72-92(112-98)90-70-68-88(110-90)86-66-64-84(108-86)82-61-57-80(58-62-82)78-53-45-38-46-54-78/h37-38,43-46,51-72,75-76H,5-36,39-42,47-50,73-74H2,1-4H3.